The number of methoxy groups -OCH3 is 2. The van der Waals surface area contributed by atoms with E-state index in [0.29, 0.717) is 23.7 Å². The lowest BCUT2D eigenvalue weighted by molar-refractivity contribution is -0.142. The molecular weight excluding hydrogens is 262 g/mol. The van der Waals surface area contributed by atoms with Crippen molar-refractivity contribution in [1.82, 2.24) is 5.32 Å². The van der Waals surface area contributed by atoms with Crippen molar-refractivity contribution in [2.75, 3.05) is 27.4 Å². The van der Waals surface area contributed by atoms with Gasteiger partial charge in [-0.15, -0.1) is 0 Å². The fourth-order valence-electron chi connectivity index (χ4n) is 1.59. The molecule has 1 aromatic rings. The number of hydrogen-bond donors (Lipinski definition) is 1. The van der Waals surface area contributed by atoms with Gasteiger partial charge in [0, 0.05) is 12.1 Å². The second kappa shape index (κ2) is 8.04. The fourth-order valence-corrected chi connectivity index (χ4v) is 1.59. The maximum absolute atomic E-state index is 11.9. The third-order valence-electron chi connectivity index (χ3n) is 2.57. The standard InChI is InChI=1S/C14H19NO5/c1-4-20-13(16)7-8-15-14(17)10-5-6-11(18-2)12(9-10)19-3/h5-6,9H,4,7-8H2,1-3H3,(H,15,17). The van der Waals surface area contributed by atoms with Gasteiger partial charge in [-0.05, 0) is 25.1 Å². The molecule has 0 aliphatic rings. The molecule has 0 radical (unpaired) electrons. The third kappa shape index (κ3) is 4.46. The maximum Gasteiger partial charge on any atom is 0.307 e. The number of carbonyl (C=O) groups is 2. The van der Waals surface area contributed by atoms with Gasteiger partial charge in [-0.25, -0.2) is 0 Å². The summed E-state index contributed by atoms with van der Waals surface area (Å²) in [5, 5.41) is 2.64. The Hall–Kier alpha value is -2.24. The van der Waals surface area contributed by atoms with Gasteiger partial charge < -0.3 is 19.5 Å². The Morgan fingerprint density at radius 1 is 1.15 bits per heavy atom. The van der Waals surface area contributed by atoms with Crippen LogP contribution in [0.25, 0.3) is 0 Å². The van der Waals surface area contributed by atoms with E-state index in [1.54, 1.807) is 25.1 Å². The van der Waals surface area contributed by atoms with Crippen LogP contribution in [0.1, 0.15) is 23.7 Å². The second-order valence-corrected chi connectivity index (χ2v) is 3.88. The van der Waals surface area contributed by atoms with Crippen LogP contribution in [0.4, 0.5) is 0 Å². The number of esters is 1. The van der Waals surface area contributed by atoms with Gasteiger partial charge in [0.2, 0.25) is 0 Å². The van der Waals surface area contributed by atoms with Crippen molar-refractivity contribution in [3.05, 3.63) is 23.8 Å². The van der Waals surface area contributed by atoms with E-state index in [1.807, 2.05) is 0 Å². The van der Waals surface area contributed by atoms with Gasteiger partial charge in [-0.2, -0.15) is 0 Å². The summed E-state index contributed by atoms with van der Waals surface area (Å²) in [6.07, 6.45) is 0.146. The van der Waals surface area contributed by atoms with Crippen molar-refractivity contribution in [3.63, 3.8) is 0 Å². The number of nitrogens with one attached hydrogen (secondary N) is 1. The summed E-state index contributed by atoms with van der Waals surface area (Å²) in [6.45, 7) is 2.30. The molecule has 0 saturated heterocycles. The number of rotatable bonds is 7. The maximum atomic E-state index is 11.9. The van der Waals surface area contributed by atoms with Gasteiger partial charge in [-0.1, -0.05) is 0 Å². The number of ether oxygens (including phenoxy) is 3. The zero-order valence-corrected chi connectivity index (χ0v) is 11.9. The first-order valence-corrected chi connectivity index (χ1v) is 6.28. The summed E-state index contributed by atoms with van der Waals surface area (Å²) in [5.41, 5.74) is 0.437. The van der Waals surface area contributed by atoms with Gasteiger partial charge in [-0.3, -0.25) is 9.59 Å². The number of carbonyl (C=O) groups excluding carboxylic acids is 2. The summed E-state index contributed by atoms with van der Waals surface area (Å²) < 4.78 is 15.0. The van der Waals surface area contributed by atoms with Crippen LogP contribution in [0.2, 0.25) is 0 Å². The van der Waals surface area contributed by atoms with Crippen LogP contribution in [0.3, 0.4) is 0 Å². The molecule has 0 saturated carbocycles. The molecular formula is C14H19NO5. The van der Waals surface area contributed by atoms with Gasteiger partial charge in [0.05, 0.1) is 27.2 Å². The molecule has 6 nitrogen and oxygen atoms in total. The molecule has 1 aromatic carbocycles. The molecule has 1 amide bonds. The first-order chi connectivity index (χ1) is 9.62. The Bertz CT molecular complexity index is 473. The zero-order valence-electron chi connectivity index (χ0n) is 11.9. The Kier molecular flexibility index (Phi) is 6.36. The molecule has 1 N–H and O–H groups in total. The van der Waals surface area contributed by atoms with E-state index in [1.165, 1.54) is 14.2 Å². The third-order valence-corrected chi connectivity index (χ3v) is 2.57. The van der Waals surface area contributed by atoms with E-state index in [4.69, 9.17) is 14.2 Å². The molecule has 0 fully saturated rings. The Morgan fingerprint density at radius 2 is 1.85 bits per heavy atom. The molecule has 0 atom stereocenters. The minimum absolute atomic E-state index is 0.146. The molecule has 20 heavy (non-hydrogen) atoms. The molecule has 0 aliphatic carbocycles. The van der Waals surface area contributed by atoms with Crippen LogP contribution in [-0.2, 0) is 9.53 Å². The van der Waals surface area contributed by atoms with Crippen LogP contribution < -0.4 is 14.8 Å². The van der Waals surface area contributed by atoms with Gasteiger partial charge in [0.1, 0.15) is 0 Å². The van der Waals surface area contributed by atoms with Crippen molar-refractivity contribution < 1.29 is 23.8 Å². The summed E-state index contributed by atoms with van der Waals surface area (Å²) in [4.78, 5) is 23.0. The normalized spacial score (nSPS) is 9.75. The minimum Gasteiger partial charge on any atom is -0.493 e. The SMILES string of the molecule is CCOC(=O)CCNC(=O)c1ccc(OC)c(OC)c1. The molecule has 0 spiro atoms. The van der Waals surface area contributed by atoms with Gasteiger partial charge >= 0.3 is 5.97 Å². The zero-order chi connectivity index (χ0) is 15.0. The molecule has 0 bridgehead atoms. The lowest BCUT2D eigenvalue weighted by Gasteiger charge is -2.09. The lowest BCUT2D eigenvalue weighted by atomic mass is 10.2. The summed E-state index contributed by atoms with van der Waals surface area (Å²) >= 11 is 0. The minimum atomic E-state index is -0.333. The predicted molar refractivity (Wildman–Crippen MR) is 73.1 cm³/mol. The van der Waals surface area contributed by atoms with Crippen LogP contribution in [0.15, 0.2) is 18.2 Å². The monoisotopic (exact) mass is 281 g/mol. The highest BCUT2D eigenvalue weighted by molar-refractivity contribution is 5.95. The Morgan fingerprint density at radius 3 is 2.45 bits per heavy atom. The summed E-state index contributed by atoms with van der Waals surface area (Å²) in [5.74, 6) is 0.413. The lowest BCUT2D eigenvalue weighted by Crippen LogP contribution is -2.26. The smallest absolute Gasteiger partial charge is 0.307 e. The Balaban J connectivity index is 2.57. The predicted octanol–water partition coefficient (Wildman–Crippen LogP) is 1.39. The molecule has 0 aromatic heterocycles. The first-order valence-electron chi connectivity index (χ1n) is 6.28. The number of amides is 1. The molecule has 110 valence electrons. The van der Waals surface area contributed by atoms with Crippen molar-refractivity contribution >= 4 is 11.9 Å². The van der Waals surface area contributed by atoms with E-state index in [0.717, 1.165) is 0 Å². The van der Waals surface area contributed by atoms with Crippen molar-refractivity contribution in [2.45, 2.75) is 13.3 Å². The highest BCUT2D eigenvalue weighted by atomic mass is 16.5. The molecule has 0 unspecified atom stereocenters. The number of hydrogen-bond acceptors (Lipinski definition) is 5. The number of benzene rings is 1. The summed E-state index contributed by atoms with van der Waals surface area (Å²) in [7, 11) is 3.03. The largest absolute Gasteiger partial charge is 0.493 e. The average molecular weight is 281 g/mol. The highest BCUT2D eigenvalue weighted by Gasteiger charge is 2.11. The van der Waals surface area contributed by atoms with E-state index in [2.05, 4.69) is 5.32 Å². The highest BCUT2D eigenvalue weighted by Crippen LogP contribution is 2.27. The first kappa shape index (κ1) is 15.8. The van der Waals surface area contributed by atoms with Gasteiger partial charge in [0.25, 0.3) is 5.91 Å². The van der Waals surface area contributed by atoms with Crippen LogP contribution in [0.5, 0.6) is 11.5 Å². The van der Waals surface area contributed by atoms with Crippen molar-refractivity contribution in [1.29, 1.82) is 0 Å². The van der Waals surface area contributed by atoms with E-state index >= 15 is 0 Å². The Labute approximate surface area is 118 Å². The van der Waals surface area contributed by atoms with E-state index in [9.17, 15) is 9.59 Å². The van der Waals surface area contributed by atoms with Crippen molar-refractivity contribution in [2.24, 2.45) is 0 Å². The van der Waals surface area contributed by atoms with E-state index in [-0.39, 0.29) is 24.8 Å². The molecule has 1 rings (SSSR count). The topological polar surface area (TPSA) is 73.9 Å². The molecule has 0 aliphatic heterocycles. The van der Waals surface area contributed by atoms with Gasteiger partial charge in [0.15, 0.2) is 11.5 Å². The summed E-state index contributed by atoms with van der Waals surface area (Å²) in [6, 6.07) is 4.86. The van der Waals surface area contributed by atoms with E-state index < -0.39 is 0 Å². The van der Waals surface area contributed by atoms with Crippen molar-refractivity contribution in [3.8, 4) is 11.5 Å². The van der Waals surface area contributed by atoms with Crippen LogP contribution in [-0.4, -0.2) is 39.2 Å². The quantitative estimate of drug-likeness (QED) is 0.764. The second-order valence-electron chi connectivity index (χ2n) is 3.88. The average Bonchev–Trinajstić information content (AvgIpc) is 2.46. The fraction of sp³-hybridized carbons (Fsp3) is 0.429. The van der Waals surface area contributed by atoms with Crippen LogP contribution in [0, 0.1) is 0 Å². The molecule has 0 heterocycles. The van der Waals surface area contributed by atoms with Crippen LogP contribution >= 0.6 is 0 Å². The molecule has 6 heteroatoms.